The first-order valence-corrected chi connectivity index (χ1v) is 16.0. The van der Waals surface area contributed by atoms with Gasteiger partial charge < -0.3 is 24.3 Å². The molecule has 44 heavy (non-hydrogen) atoms. The van der Waals surface area contributed by atoms with Crippen LogP contribution in [0.5, 0.6) is 0 Å². The zero-order chi connectivity index (χ0) is 31.3. The van der Waals surface area contributed by atoms with Gasteiger partial charge in [-0.3, -0.25) is 4.98 Å². The van der Waals surface area contributed by atoms with E-state index in [1.165, 1.54) is 56.3 Å². The lowest BCUT2D eigenvalue weighted by Crippen LogP contribution is -2.23. The second kappa shape index (κ2) is 11.5. The quantitative estimate of drug-likeness (QED) is 0.143. The fraction of sp³-hybridized carbons (Fsp3) is 0.297. The second-order valence-electron chi connectivity index (χ2n) is 12.6. The summed E-state index contributed by atoms with van der Waals surface area (Å²) in [6.07, 6.45) is 3.18. The average molecular weight is 604 g/mol. The molecule has 0 saturated carbocycles. The maximum absolute atomic E-state index is 7.89. The number of ether oxygens (including phenoxy) is 1. The molecule has 226 valence electrons. The van der Waals surface area contributed by atoms with Crippen LogP contribution in [0.15, 0.2) is 66.9 Å². The van der Waals surface area contributed by atoms with Crippen LogP contribution in [0.2, 0.25) is 0 Å². The SMILES string of the molecule is CNc1ccc(-c2cc(-c3cc4c(-c5ccc(C)cc5)c(C(C)OC(C)(C)C)c(C)c5c4n3CSN5C)ccn2)cc1C=N. The molecule has 2 aromatic heterocycles. The summed E-state index contributed by atoms with van der Waals surface area (Å²) in [6.45, 7) is 13.0. The monoisotopic (exact) mass is 603 g/mol. The first-order valence-electron chi connectivity index (χ1n) is 15.1. The molecule has 0 spiro atoms. The number of benzene rings is 3. The summed E-state index contributed by atoms with van der Waals surface area (Å²) < 4.78 is 11.4. The van der Waals surface area contributed by atoms with Gasteiger partial charge in [0, 0.05) is 54.3 Å². The number of aromatic nitrogens is 2. The summed E-state index contributed by atoms with van der Waals surface area (Å²) in [7, 11) is 4.05. The number of rotatable bonds is 7. The Balaban J connectivity index is 1.62. The Morgan fingerprint density at radius 1 is 1.00 bits per heavy atom. The average Bonchev–Trinajstić information content (AvgIpc) is 3.38. The summed E-state index contributed by atoms with van der Waals surface area (Å²) in [6, 6.07) is 21.6. The van der Waals surface area contributed by atoms with E-state index in [-0.39, 0.29) is 11.7 Å². The molecule has 1 aliphatic heterocycles. The Bertz CT molecular complexity index is 1880. The van der Waals surface area contributed by atoms with Crippen molar-refractivity contribution < 1.29 is 4.74 Å². The van der Waals surface area contributed by atoms with E-state index in [0.29, 0.717) is 0 Å². The van der Waals surface area contributed by atoms with Gasteiger partial charge in [-0.05, 0) is 106 Å². The molecule has 3 aromatic carbocycles. The third kappa shape index (κ3) is 5.29. The van der Waals surface area contributed by atoms with Gasteiger partial charge in [0.05, 0.1) is 40.2 Å². The van der Waals surface area contributed by atoms with Crippen molar-refractivity contribution in [3.8, 4) is 33.6 Å². The number of hydrogen-bond acceptors (Lipinski definition) is 6. The molecule has 1 unspecified atom stereocenters. The number of aryl methyl sites for hydroxylation is 1. The predicted molar refractivity (Wildman–Crippen MR) is 188 cm³/mol. The number of pyridine rings is 1. The highest BCUT2D eigenvalue weighted by Gasteiger charge is 2.31. The van der Waals surface area contributed by atoms with Crippen LogP contribution in [0.4, 0.5) is 11.4 Å². The molecule has 3 heterocycles. The summed E-state index contributed by atoms with van der Waals surface area (Å²) in [5.41, 5.74) is 14.3. The minimum absolute atomic E-state index is 0.102. The van der Waals surface area contributed by atoms with Gasteiger partial charge in [-0.25, -0.2) is 0 Å². The summed E-state index contributed by atoms with van der Waals surface area (Å²) in [5, 5.41) is 12.3. The molecular weight excluding hydrogens is 563 g/mol. The van der Waals surface area contributed by atoms with E-state index in [4.69, 9.17) is 15.1 Å². The zero-order valence-corrected chi connectivity index (χ0v) is 27.7. The molecule has 0 fully saturated rings. The van der Waals surface area contributed by atoms with Gasteiger partial charge in [0.1, 0.15) is 0 Å². The Hall–Kier alpha value is -4.07. The Kier molecular flexibility index (Phi) is 7.80. The first kappa shape index (κ1) is 30.0. The van der Waals surface area contributed by atoms with Crippen molar-refractivity contribution in [1.82, 2.24) is 9.55 Å². The predicted octanol–water partition coefficient (Wildman–Crippen LogP) is 9.63. The van der Waals surface area contributed by atoms with Gasteiger partial charge in [-0.15, -0.1) is 0 Å². The fourth-order valence-electron chi connectivity index (χ4n) is 6.55. The van der Waals surface area contributed by atoms with E-state index in [1.807, 2.05) is 37.3 Å². The highest BCUT2D eigenvalue weighted by Crippen LogP contribution is 2.50. The molecule has 0 aliphatic carbocycles. The number of nitrogens with zero attached hydrogens (tertiary/aromatic N) is 3. The summed E-state index contributed by atoms with van der Waals surface area (Å²) in [5.74, 6) is 0.814. The van der Waals surface area contributed by atoms with Gasteiger partial charge >= 0.3 is 0 Å². The molecule has 6 rings (SSSR count). The topological polar surface area (TPSA) is 66.2 Å². The van der Waals surface area contributed by atoms with Crippen LogP contribution >= 0.6 is 11.9 Å². The fourth-order valence-corrected chi connectivity index (χ4v) is 7.45. The van der Waals surface area contributed by atoms with E-state index in [9.17, 15) is 0 Å². The van der Waals surface area contributed by atoms with E-state index >= 15 is 0 Å². The van der Waals surface area contributed by atoms with Crippen molar-refractivity contribution in [2.24, 2.45) is 0 Å². The number of anilines is 2. The number of hydrogen-bond donors (Lipinski definition) is 2. The van der Waals surface area contributed by atoms with Crippen molar-refractivity contribution in [3.05, 3.63) is 89.1 Å². The van der Waals surface area contributed by atoms with Crippen molar-refractivity contribution >= 4 is 40.4 Å². The maximum atomic E-state index is 7.89. The highest BCUT2D eigenvalue weighted by atomic mass is 32.2. The van der Waals surface area contributed by atoms with Gasteiger partial charge in [-0.2, -0.15) is 0 Å². The molecule has 1 aliphatic rings. The Labute approximate surface area is 265 Å². The van der Waals surface area contributed by atoms with Crippen LogP contribution in [0, 0.1) is 19.3 Å². The Morgan fingerprint density at radius 3 is 2.41 bits per heavy atom. The molecule has 0 saturated heterocycles. The van der Waals surface area contributed by atoms with Crippen molar-refractivity contribution in [3.63, 3.8) is 0 Å². The van der Waals surface area contributed by atoms with Crippen molar-refractivity contribution in [1.29, 1.82) is 5.41 Å². The van der Waals surface area contributed by atoms with Gasteiger partial charge in [0.2, 0.25) is 0 Å². The summed E-state index contributed by atoms with van der Waals surface area (Å²) in [4.78, 5) is 4.74. The molecule has 0 radical (unpaired) electrons. The van der Waals surface area contributed by atoms with Crippen LogP contribution in [0.25, 0.3) is 44.5 Å². The van der Waals surface area contributed by atoms with Crippen LogP contribution in [0.3, 0.4) is 0 Å². The second-order valence-corrected chi connectivity index (χ2v) is 13.7. The largest absolute Gasteiger partial charge is 0.388 e. The molecule has 0 amide bonds. The summed E-state index contributed by atoms with van der Waals surface area (Å²) >= 11 is 1.82. The van der Waals surface area contributed by atoms with Gasteiger partial charge in [0.25, 0.3) is 0 Å². The molecule has 0 bridgehead atoms. The first-order chi connectivity index (χ1) is 21.0. The normalized spacial score (nSPS) is 13.8. The van der Waals surface area contributed by atoms with Crippen molar-refractivity contribution in [2.75, 3.05) is 23.7 Å². The highest BCUT2D eigenvalue weighted by molar-refractivity contribution is 7.99. The molecule has 6 nitrogen and oxygen atoms in total. The smallest absolute Gasteiger partial charge is 0.0888 e. The van der Waals surface area contributed by atoms with Crippen LogP contribution < -0.4 is 9.62 Å². The zero-order valence-electron chi connectivity index (χ0n) is 26.9. The van der Waals surface area contributed by atoms with E-state index in [0.717, 1.165) is 33.9 Å². The van der Waals surface area contributed by atoms with E-state index < -0.39 is 0 Å². The molecule has 7 heteroatoms. The van der Waals surface area contributed by atoms with Crippen LogP contribution in [0.1, 0.15) is 56.1 Å². The lowest BCUT2D eigenvalue weighted by molar-refractivity contribution is -0.0528. The lowest BCUT2D eigenvalue weighted by Gasteiger charge is -2.33. The lowest BCUT2D eigenvalue weighted by atomic mass is 9.88. The third-order valence-electron chi connectivity index (χ3n) is 8.42. The maximum Gasteiger partial charge on any atom is 0.0888 e. The minimum atomic E-state index is -0.281. The minimum Gasteiger partial charge on any atom is -0.388 e. The molecular formula is C37H41N5OS. The molecule has 5 aromatic rings. The number of nitrogens with one attached hydrogen (secondary N) is 2. The molecule has 2 N–H and O–H groups in total. The third-order valence-corrected chi connectivity index (χ3v) is 9.36. The van der Waals surface area contributed by atoms with E-state index in [1.54, 1.807) is 0 Å². The standard InChI is InChI=1S/C37H41N5OS/c1-22-9-11-25(12-10-22)34-29-19-32(27-15-16-40-31(18-27)26-13-14-30(39-7)28(17-26)20-38)42-21-44-41(8)35(36(29)42)23(2)33(34)24(3)43-37(4,5)6/h9-20,24,38-39H,21H2,1-8H3. The van der Waals surface area contributed by atoms with Gasteiger partial charge in [0.15, 0.2) is 0 Å². The van der Waals surface area contributed by atoms with E-state index in [2.05, 4.69) is 111 Å². The Morgan fingerprint density at radius 2 is 1.73 bits per heavy atom. The van der Waals surface area contributed by atoms with Crippen LogP contribution in [-0.2, 0) is 10.6 Å². The van der Waals surface area contributed by atoms with Crippen LogP contribution in [-0.4, -0.2) is 35.5 Å². The molecule has 1 atom stereocenters. The van der Waals surface area contributed by atoms with Gasteiger partial charge in [-0.1, -0.05) is 35.9 Å². The van der Waals surface area contributed by atoms with Crippen molar-refractivity contribution in [2.45, 2.75) is 59.1 Å².